The third kappa shape index (κ3) is 5.81. The lowest BCUT2D eigenvalue weighted by Gasteiger charge is -2.14. The van der Waals surface area contributed by atoms with Gasteiger partial charge in [-0.1, -0.05) is 18.2 Å². The van der Waals surface area contributed by atoms with Crippen LogP contribution in [0.5, 0.6) is 17.2 Å². The van der Waals surface area contributed by atoms with E-state index in [0.29, 0.717) is 11.7 Å². The molecule has 140 valence electrons. The number of aryl methyl sites for hydroxylation is 1. The number of anilines is 1. The molecule has 0 saturated carbocycles. The van der Waals surface area contributed by atoms with Crippen molar-refractivity contribution in [3.63, 3.8) is 0 Å². The Kier molecular flexibility index (Phi) is 8.02. The van der Waals surface area contributed by atoms with Crippen molar-refractivity contribution in [3.05, 3.63) is 48.0 Å². The third-order valence-corrected chi connectivity index (χ3v) is 4.06. The molecule has 0 amide bonds. The zero-order valence-electron chi connectivity index (χ0n) is 15.5. The number of hydrogen-bond donors (Lipinski definition) is 2. The second kappa shape index (κ2) is 10.5. The number of benzene rings is 2. The van der Waals surface area contributed by atoms with Crippen molar-refractivity contribution < 1.29 is 14.2 Å². The third-order valence-electron chi connectivity index (χ3n) is 3.81. The molecule has 0 aliphatic heterocycles. The van der Waals surface area contributed by atoms with E-state index in [1.54, 1.807) is 14.2 Å². The summed E-state index contributed by atoms with van der Waals surface area (Å²) in [5.74, 6) is 2.29. The first-order valence-corrected chi connectivity index (χ1v) is 9.06. The number of ether oxygens (including phenoxy) is 3. The van der Waals surface area contributed by atoms with E-state index in [4.69, 9.17) is 26.4 Å². The van der Waals surface area contributed by atoms with Gasteiger partial charge in [-0.25, -0.2) is 0 Å². The predicted octanol–water partition coefficient (Wildman–Crippen LogP) is 4.02. The summed E-state index contributed by atoms with van der Waals surface area (Å²) in [6.07, 6.45) is 1.87. The van der Waals surface area contributed by atoms with E-state index in [9.17, 15) is 0 Å². The summed E-state index contributed by atoms with van der Waals surface area (Å²) in [4.78, 5) is 0. The Balaban J connectivity index is 1.79. The molecular weight excluding hydrogens is 348 g/mol. The number of para-hydroxylation sites is 2. The first-order chi connectivity index (χ1) is 12.7. The molecule has 0 aliphatic carbocycles. The monoisotopic (exact) mass is 374 g/mol. The van der Waals surface area contributed by atoms with E-state index in [1.165, 1.54) is 5.56 Å². The molecule has 0 fully saturated rings. The Labute approximate surface area is 160 Å². The first-order valence-electron chi connectivity index (χ1n) is 8.65. The van der Waals surface area contributed by atoms with Gasteiger partial charge in [0.15, 0.2) is 16.6 Å². The van der Waals surface area contributed by atoms with Crippen LogP contribution in [0.1, 0.15) is 18.9 Å². The zero-order chi connectivity index (χ0) is 18.8. The summed E-state index contributed by atoms with van der Waals surface area (Å²) in [5.41, 5.74) is 2.07. The zero-order valence-corrected chi connectivity index (χ0v) is 16.3. The van der Waals surface area contributed by atoms with Gasteiger partial charge in [-0.15, -0.1) is 0 Å². The highest BCUT2D eigenvalue weighted by Crippen LogP contribution is 2.28. The quantitative estimate of drug-likeness (QED) is 0.511. The van der Waals surface area contributed by atoms with E-state index in [0.717, 1.165) is 42.3 Å². The van der Waals surface area contributed by atoms with Gasteiger partial charge in [-0.05, 0) is 61.8 Å². The maximum atomic E-state index is 5.59. The molecule has 0 aliphatic rings. The van der Waals surface area contributed by atoms with Gasteiger partial charge in [0, 0.05) is 6.54 Å². The normalized spacial score (nSPS) is 10.1. The van der Waals surface area contributed by atoms with Gasteiger partial charge in [0.1, 0.15) is 5.75 Å². The number of thiocarbonyl (C=S) groups is 1. The number of nitrogens with one attached hydrogen (secondary N) is 2. The fourth-order valence-electron chi connectivity index (χ4n) is 2.55. The molecule has 2 aromatic rings. The molecule has 0 heterocycles. The Morgan fingerprint density at radius 1 is 1.00 bits per heavy atom. The van der Waals surface area contributed by atoms with Crippen molar-refractivity contribution in [2.24, 2.45) is 0 Å². The lowest BCUT2D eigenvalue weighted by Crippen LogP contribution is -2.29. The lowest BCUT2D eigenvalue weighted by atomic mass is 10.1. The number of rotatable bonds is 9. The fourth-order valence-corrected chi connectivity index (χ4v) is 2.76. The van der Waals surface area contributed by atoms with E-state index in [-0.39, 0.29) is 0 Å². The Bertz CT molecular complexity index is 722. The molecule has 0 atom stereocenters. The molecular formula is C20H26N2O3S. The van der Waals surface area contributed by atoms with Gasteiger partial charge in [0.2, 0.25) is 0 Å². The molecule has 0 unspecified atom stereocenters. The van der Waals surface area contributed by atoms with Crippen molar-refractivity contribution in [3.8, 4) is 17.2 Å². The maximum absolute atomic E-state index is 5.59. The van der Waals surface area contributed by atoms with E-state index < -0.39 is 0 Å². The van der Waals surface area contributed by atoms with Gasteiger partial charge < -0.3 is 24.8 Å². The van der Waals surface area contributed by atoms with Crippen molar-refractivity contribution in [1.82, 2.24) is 5.32 Å². The van der Waals surface area contributed by atoms with Crippen LogP contribution in [0.3, 0.4) is 0 Å². The summed E-state index contributed by atoms with van der Waals surface area (Å²) < 4.78 is 16.2. The predicted molar refractivity (Wildman–Crippen MR) is 110 cm³/mol. The maximum Gasteiger partial charge on any atom is 0.170 e. The number of hydrogen-bond acceptors (Lipinski definition) is 4. The molecule has 5 nitrogen and oxygen atoms in total. The lowest BCUT2D eigenvalue weighted by molar-refractivity contribution is 0.342. The highest BCUT2D eigenvalue weighted by Gasteiger charge is 2.06. The largest absolute Gasteiger partial charge is 0.493 e. The first kappa shape index (κ1) is 19.8. The average Bonchev–Trinajstić information content (AvgIpc) is 2.66. The van der Waals surface area contributed by atoms with Crippen LogP contribution >= 0.6 is 12.2 Å². The van der Waals surface area contributed by atoms with Gasteiger partial charge in [-0.2, -0.15) is 0 Å². The molecule has 0 radical (unpaired) electrons. The van der Waals surface area contributed by atoms with E-state index in [2.05, 4.69) is 16.7 Å². The minimum Gasteiger partial charge on any atom is -0.493 e. The minimum absolute atomic E-state index is 0.587. The smallest absolute Gasteiger partial charge is 0.170 e. The highest BCUT2D eigenvalue weighted by atomic mass is 32.1. The van der Waals surface area contributed by atoms with Gasteiger partial charge in [0.25, 0.3) is 0 Å². The summed E-state index contributed by atoms with van der Waals surface area (Å²) in [5, 5.41) is 7.00. The Hall–Kier alpha value is -2.47. The molecule has 0 bridgehead atoms. The minimum atomic E-state index is 0.587. The van der Waals surface area contributed by atoms with Crippen molar-refractivity contribution >= 4 is 23.0 Å². The van der Waals surface area contributed by atoms with Gasteiger partial charge in [0.05, 0.1) is 26.5 Å². The van der Waals surface area contributed by atoms with Gasteiger partial charge >= 0.3 is 0 Å². The van der Waals surface area contributed by atoms with Crippen LogP contribution < -0.4 is 24.8 Å². The molecule has 26 heavy (non-hydrogen) atoms. The van der Waals surface area contributed by atoms with Gasteiger partial charge in [-0.3, -0.25) is 0 Å². The van der Waals surface area contributed by atoms with E-state index >= 15 is 0 Å². The SMILES string of the molecule is CCOc1ccccc1NC(=S)NCCCc1ccc(OC)c(OC)c1. The Morgan fingerprint density at radius 2 is 1.77 bits per heavy atom. The van der Waals surface area contributed by atoms with Crippen LogP contribution in [0.2, 0.25) is 0 Å². The summed E-state index contributed by atoms with van der Waals surface area (Å²) in [6.45, 7) is 3.35. The van der Waals surface area contributed by atoms with Crippen molar-refractivity contribution in [2.45, 2.75) is 19.8 Å². The van der Waals surface area contributed by atoms with Crippen LogP contribution in [-0.2, 0) is 6.42 Å². The van der Waals surface area contributed by atoms with Crippen LogP contribution in [0.4, 0.5) is 5.69 Å². The second-order valence-corrected chi connectivity index (χ2v) is 6.01. The van der Waals surface area contributed by atoms with Crippen molar-refractivity contribution in [1.29, 1.82) is 0 Å². The molecule has 2 N–H and O–H groups in total. The van der Waals surface area contributed by atoms with Crippen LogP contribution in [0.25, 0.3) is 0 Å². The fraction of sp³-hybridized carbons (Fsp3) is 0.350. The van der Waals surface area contributed by atoms with E-state index in [1.807, 2.05) is 43.3 Å². The molecule has 2 rings (SSSR count). The second-order valence-electron chi connectivity index (χ2n) is 5.60. The summed E-state index contributed by atoms with van der Waals surface area (Å²) in [6, 6.07) is 13.7. The molecule has 0 saturated heterocycles. The highest BCUT2D eigenvalue weighted by molar-refractivity contribution is 7.80. The molecule has 0 spiro atoms. The molecule has 0 aromatic heterocycles. The Morgan fingerprint density at radius 3 is 2.50 bits per heavy atom. The number of methoxy groups -OCH3 is 2. The summed E-state index contributed by atoms with van der Waals surface area (Å²) in [7, 11) is 3.28. The molecule has 6 heteroatoms. The van der Waals surface area contributed by atoms with Crippen LogP contribution in [0, 0.1) is 0 Å². The van der Waals surface area contributed by atoms with Crippen molar-refractivity contribution in [2.75, 3.05) is 32.7 Å². The average molecular weight is 375 g/mol. The standard InChI is InChI=1S/C20H26N2O3S/c1-4-25-17-10-6-5-9-16(17)22-20(26)21-13-7-8-15-11-12-18(23-2)19(14-15)24-3/h5-6,9-12,14H,4,7-8,13H2,1-3H3,(H2,21,22,26). The summed E-state index contributed by atoms with van der Waals surface area (Å²) >= 11 is 5.37. The van der Waals surface area contributed by atoms with Crippen LogP contribution in [0.15, 0.2) is 42.5 Å². The van der Waals surface area contributed by atoms with Crippen LogP contribution in [-0.4, -0.2) is 32.5 Å². The topological polar surface area (TPSA) is 51.8 Å². The molecule has 2 aromatic carbocycles.